The molecule has 1 unspecified atom stereocenters. The number of hydrogen-bond acceptors (Lipinski definition) is 3. The zero-order chi connectivity index (χ0) is 19.4. The van der Waals surface area contributed by atoms with Crippen LogP contribution in [0.25, 0.3) is 0 Å². The normalized spacial score (nSPS) is 15.7. The minimum Gasteiger partial charge on any atom is -0.352 e. The van der Waals surface area contributed by atoms with Crippen LogP contribution < -0.4 is 11.1 Å². The Labute approximate surface area is 182 Å². The summed E-state index contributed by atoms with van der Waals surface area (Å²) in [6.45, 7) is 4.12. The average molecular weight is 446 g/mol. The number of nitrogens with zero attached hydrogens (tertiary/aromatic N) is 1. The summed E-state index contributed by atoms with van der Waals surface area (Å²) in [7, 11) is 0. The molecule has 160 valence electrons. The summed E-state index contributed by atoms with van der Waals surface area (Å²) >= 11 is 0. The van der Waals surface area contributed by atoms with Crippen molar-refractivity contribution in [1.82, 2.24) is 10.2 Å². The minimum absolute atomic E-state index is 0. The Hall–Kier alpha value is -1.73. The molecule has 0 bridgehead atoms. The highest BCUT2D eigenvalue weighted by Crippen LogP contribution is 2.17. The van der Waals surface area contributed by atoms with E-state index in [1.165, 1.54) is 6.07 Å². The van der Waals surface area contributed by atoms with E-state index in [1.54, 1.807) is 6.07 Å². The number of nitrogens with one attached hydrogen (secondary N) is 1. The Balaban J connectivity index is 0.00000210. The Morgan fingerprint density at radius 1 is 1.10 bits per heavy atom. The summed E-state index contributed by atoms with van der Waals surface area (Å²) < 4.78 is 26.3. The number of halogens is 4. The van der Waals surface area contributed by atoms with Gasteiger partial charge in [-0.15, -0.1) is 24.8 Å². The lowest BCUT2D eigenvalue weighted by atomic mass is 10.0. The molecule has 4 nitrogen and oxygen atoms in total. The molecule has 29 heavy (non-hydrogen) atoms. The quantitative estimate of drug-likeness (QED) is 0.733. The summed E-state index contributed by atoms with van der Waals surface area (Å²) in [6.07, 6.45) is 1.60. The van der Waals surface area contributed by atoms with Crippen molar-refractivity contribution in [2.24, 2.45) is 5.73 Å². The van der Waals surface area contributed by atoms with Crippen molar-refractivity contribution in [2.75, 3.05) is 13.1 Å². The van der Waals surface area contributed by atoms with Crippen molar-refractivity contribution in [3.63, 3.8) is 0 Å². The molecule has 1 aliphatic heterocycles. The third-order valence-corrected chi connectivity index (χ3v) is 5.04. The molecule has 1 heterocycles. The number of carbonyl (C=O) groups excluding carboxylic acids is 1. The fourth-order valence-electron chi connectivity index (χ4n) is 3.35. The Bertz CT molecular complexity index is 797. The first-order valence-electron chi connectivity index (χ1n) is 9.21. The number of likely N-dealkylation sites (tertiary alicyclic amines) is 1. The van der Waals surface area contributed by atoms with E-state index in [2.05, 4.69) is 10.2 Å². The molecule has 0 radical (unpaired) electrons. The second kappa shape index (κ2) is 11.5. The van der Waals surface area contributed by atoms with Crippen molar-refractivity contribution in [2.45, 2.75) is 38.4 Å². The number of amides is 1. The third-order valence-electron chi connectivity index (χ3n) is 5.04. The van der Waals surface area contributed by atoms with Crippen molar-refractivity contribution < 1.29 is 13.6 Å². The molecule has 0 spiro atoms. The van der Waals surface area contributed by atoms with E-state index in [4.69, 9.17) is 5.73 Å². The van der Waals surface area contributed by atoms with Gasteiger partial charge >= 0.3 is 0 Å². The molecule has 3 N–H and O–H groups in total. The first-order valence-corrected chi connectivity index (χ1v) is 9.21. The zero-order valence-electron chi connectivity index (χ0n) is 16.2. The van der Waals surface area contributed by atoms with E-state index in [-0.39, 0.29) is 36.8 Å². The van der Waals surface area contributed by atoms with Crippen molar-refractivity contribution in [3.05, 3.63) is 70.8 Å². The van der Waals surface area contributed by atoms with E-state index < -0.39 is 17.7 Å². The average Bonchev–Trinajstić information content (AvgIpc) is 2.66. The number of rotatable bonds is 5. The molecule has 0 aliphatic carbocycles. The van der Waals surface area contributed by atoms with Gasteiger partial charge in [-0.3, -0.25) is 9.69 Å². The fourth-order valence-corrected chi connectivity index (χ4v) is 3.35. The molecule has 1 aliphatic rings. The monoisotopic (exact) mass is 445 g/mol. The number of carbonyl (C=O) groups is 1. The van der Waals surface area contributed by atoms with Crippen molar-refractivity contribution >= 4 is 30.7 Å². The van der Waals surface area contributed by atoms with Crippen LogP contribution >= 0.6 is 24.8 Å². The van der Waals surface area contributed by atoms with Crippen LogP contribution in [0.2, 0.25) is 0 Å². The predicted octanol–water partition coefficient (Wildman–Crippen LogP) is 3.90. The van der Waals surface area contributed by atoms with Gasteiger partial charge in [0.25, 0.3) is 0 Å². The standard InChI is InChI=1S/C21H25F2N3O.2ClH/c1-14-2-5-16(6-3-14)20(24)21(27)25-17-8-10-26(11-9-17)13-15-4-7-18(22)19(23)12-15;;/h2-7,12,17,20H,8-11,13,24H2,1H3,(H,25,27);2*1H. The van der Waals surface area contributed by atoms with E-state index in [0.29, 0.717) is 6.54 Å². The van der Waals surface area contributed by atoms with Crippen LogP contribution in [0.5, 0.6) is 0 Å². The molecular weight excluding hydrogens is 419 g/mol. The lowest BCUT2D eigenvalue weighted by Crippen LogP contribution is -2.46. The van der Waals surface area contributed by atoms with Crippen LogP contribution in [0.3, 0.4) is 0 Å². The smallest absolute Gasteiger partial charge is 0.241 e. The number of aryl methyl sites for hydroxylation is 1. The molecule has 1 fully saturated rings. The molecule has 0 aromatic heterocycles. The lowest BCUT2D eigenvalue weighted by Gasteiger charge is -2.33. The minimum atomic E-state index is -0.829. The molecule has 1 saturated heterocycles. The van der Waals surface area contributed by atoms with Crippen LogP contribution in [0.4, 0.5) is 8.78 Å². The second-order valence-electron chi connectivity index (χ2n) is 7.20. The summed E-state index contributed by atoms with van der Waals surface area (Å²) in [5.41, 5.74) is 8.75. The van der Waals surface area contributed by atoms with Crippen molar-refractivity contribution in [3.8, 4) is 0 Å². The molecule has 2 aromatic carbocycles. The first-order chi connectivity index (χ1) is 12.9. The van der Waals surface area contributed by atoms with E-state index in [9.17, 15) is 13.6 Å². The van der Waals surface area contributed by atoms with Gasteiger partial charge in [-0.2, -0.15) is 0 Å². The van der Waals surface area contributed by atoms with E-state index in [0.717, 1.165) is 48.7 Å². The van der Waals surface area contributed by atoms with Crippen LogP contribution in [0, 0.1) is 18.6 Å². The van der Waals surface area contributed by atoms with Crippen molar-refractivity contribution in [1.29, 1.82) is 0 Å². The highest BCUT2D eigenvalue weighted by Gasteiger charge is 2.24. The molecular formula is C21H27Cl2F2N3O. The maximum Gasteiger partial charge on any atom is 0.241 e. The largest absolute Gasteiger partial charge is 0.352 e. The first kappa shape index (κ1) is 25.3. The number of benzene rings is 2. The topological polar surface area (TPSA) is 58.4 Å². The van der Waals surface area contributed by atoms with Gasteiger partial charge in [0.15, 0.2) is 11.6 Å². The maximum absolute atomic E-state index is 13.3. The van der Waals surface area contributed by atoms with Gasteiger partial charge in [-0.05, 0) is 43.0 Å². The zero-order valence-corrected chi connectivity index (χ0v) is 17.9. The third kappa shape index (κ3) is 6.93. The van der Waals surface area contributed by atoms with Gasteiger partial charge in [-0.1, -0.05) is 35.9 Å². The molecule has 3 rings (SSSR count). The van der Waals surface area contributed by atoms with Gasteiger partial charge < -0.3 is 11.1 Å². The van der Waals surface area contributed by atoms with Gasteiger partial charge in [-0.25, -0.2) is 8.78 Å². The number of piperidine rings is 1. The van der Waals surface area contributed by atoms with Crippen LogP contribution in [0.15, 0.2) is 42.5 Å². The fraction of sp³-hybridized carbons (Fsp3) is 0.381. The highest BCUT2D eigenvalue weighted by atomic mass is 35.5. The number of hydrogen-bond donors (Lipinski definition) is 2. The SMILES string of the molecule is Cc1ccc(C(N)C(=O)NC2CCN(Cc3ccc(F)c(F)c3)CC2)cc1.Cl.Cl. The molecule has 1 amide bonds. The molecule has 0 saturated carbocycles. The van der Waals surface area contributed by atoms with E-state index in [1.807, 2.05) is 31.2 Å². The van der Waals surface area contributed by atoms with Crippen LogP contribution in [0.1, 0.15) is 35.6 Å². The molecule has 1 atom stereocenters. The molecule has 8 heteroatoms. The second-order valence-corrected chi connectivity index (χ2v) is 7.20. The summed E-state index contributed by atoms with van der Waals surface area (Å²) in [4.78, 5) is 14.6. The van der Waals surface area contributed by atoms with Gasteiger partial charge in [0.2, 0.25) is 5.91 Å². The Kier molecular flexibility index (Phi) is 10.00. The summed E-state index contributed by atoms with van der Waals surface area (Å²) in [6, 6.07) is 11.0. The van der Waals surface area contributed by atoms with Gasteiger partial charge in [0.05, 0.1) is 0 Å². The summed E-state index contributed by atoms with van der Waals surface area (Å²) in [5.74, 6) is -1.82. The van der Waals surface area contributed by atoms with Gasteiger partial charge in [0.1, 0.15) is 6.04 Å². The highest BCUT2D eigenvalue weighted by molar-refractivity contribution is 5.85. The van der Waals surface area contributed by atoms with Crippen LogP contribution in [-0.4, -0.2) is 29.9 Å². The van der Waals surface area contributed by atoms with E-state index >= 15 is 0 Å². The Morgan fingerprint density at radius 3 is 2.31 bits per heavy atom. The predicted molar refractivity (Wildman–Crippen MR) is 115 cm³/mol. The van der Waals surface area contributed by atoms with Gasteiger partial charge in [0, 0.05) is 25.7 Å². The number of nitrogens with two attached hydrogens (primary N) is 1. The van der Waals surface area contributed by atoms with Crippen LogP contribution in [-0.2, 0) is 11.3 Å². The summed E-state index contributed by atoms with van der Waals surface area (Å²) in [5, 5.41) is 3.03. The lowest BCUT2D eigenvalue weighted by molar-refractivity contribution is -0.123. The maximum atomic E-state index is 13.3. The molecule has 2 aromatic rings. The Morgan fingerprint density at radius 2 is 1.72 bits per heavy atom.